The van der Waals surface area contributed by atoms with E-state index in [1.807, 2.05) is 20.8 Å². The summed E-state index contributed by atoms with van der Waals surface area (Å²) in [5, 5.41) is 1.79. The molecule has 1 nitrogen and oxygen atoms in total. The van der Waals surface area contributed by atoms with Gasteiger partial charge in [-0.15, -0.1) is 11.3 Å². The Kier molecular flexibility index (Phi) is 3.24. The van der Waals surface area contributed by atoms with Gasteiger partial charge in [0.1, 0.15) is 0 Å². The van der Waals surface area contributed by atoms with Crippen molar-refractivity contribution in [1.82, 2.24) is 0 Å². The summed E-state index contributed by atoms with van der Waals surface area (Å²) in [6.07, 6.45) is 0. The fraction of sp³-hybridized carbons (Fsp3) is 0.600. The number of halogens is 2. The number of nitrogens with two attached hydrogens (primary N) is 1. The lowest BCUT2D eigenvalue weighted by molar-refractivity contribution is 0.0348. The van der Waals surface area contributed by atoms with E-state index in [0.717, 1.165) is 0 Å². The zero-order valence-electron chi connectivity index (χ0n) is 8.60. The molecule has 1 aromatic heterocycles. The molecule has 80 valence electrons. The predicted octanol–water partition coefficient (Wildman–Crippen LogP) is 3.57. The second kappa shape index (κ2) is 3.80. The van der Waals surface area contributed by atoms with E-state index in [-0.39, 0.29) is 6.54 Å². The molecule has 0 aromatic carbocycles. The lowest BCUT2D eigenvalue weighted by Crippen LogP contribution is -2.42. The van der Waals surface area contributed by atoms with E-state index >= 15 is 0 Å². The second-order valence-corrected chi connectivity index (χ2v) is 5.88. The smallest absolute Gasteiger partial charge is 0.155 e. The number of thiophene rings is 1. The molecule has 4 heteroatoms. The fourth-order valence-corrected chi connectivity index (χ4v) is 2.45. The van der Waals surface area contributed by atoms with Gasteiger partial charge in [0.2, 0.25) is 0 Å². The van der Waals surface area contributed by atoms with E-state index in [2.05, 4.69) is 0 Å². The van der Waals surface area contributed by atoms with Crippen molar-refractivity contribution in [3.8, 4) is 0 Å². The maximum absolute atomic E-state index is 14.7. The van der Waals surface area contributed by atoms with Crippen molar-refractivity contribution in [2.24, 2.45) is 11.1 Å². The standard InChI is InChI=1S/C10H15ClFNS/c1-9(2,3)10(12,6-13)7-4-5-14-8(7)11/h4-5H,6,13H2,1-3H3. The van der Waals surface area contributed by atoms with Crippen LogP contribution in [0.25, 0.3) is 0 Å². The molecule has 0 bridgehead atoms. The average Bonchev–Trinajstić information content (AvgIpc) is 2.48. The highest BCUT2D eigenvalue weighted by Gasteiger charge is 2.44. The Morgan fingerprint density at radius 3 is 2.36 bits per heavy atom. The third-order valence-corrected chi connectivity index (χ3v) is 3.68. The molecule has 1 rings (SSSR count). The van der Waals surface area contributed by atoms with Crippen LogP contribution in [0.4, 0.5) is 4.39 Å². The van der Waals surface area contributed by atoms with Gasteiger partial charge < -0.3 is 5.73 Å². The van der Waals surface area contributed by atoms with Crippen LogP contribution in [0.15, 0.2) is 11.4 Å². The Morgan fingerprint density at radius 2 is 2.07 bits per heavy atom. The van der Waals surface area contributed by atoms with Crippen molar-refractivity contribution in [3.63, 3.8) is 0 Å². The van der Waals surface area contributed by atoms with E-state index < -0.39 is 11.1 Å². The van der Waals surface area contributed by atoms with Crippen LogP contribution >= 0.6 is 22.9 Å². The van der Waals surface area contributed by atoms with Gasteiger partial charge in [-0.25, -0.2) is 4.39 Å². The van der Waals surface area contributed by atoms with Gasteiger partial charge in [-0.1, -0.05) is 32.4 Å². The van der Waals surface area contributed by atoms with Crippen LogP contribution < -0.4 is 5.73 Å². The number of rotatable bonds is 2. The van der Waals surface area contributed by atoms with E-state index in [0.29, 0.717) is 9.90 Å². The van der Waals surface area contributed by atoms with E-state index in [1.54, 1.807) is 11.4 Å². The van der Waals surface area contributed by atoms with Crippen molar-refractivity contribution in [1.29, 1.82) is 0 Å². The SMILES string of the molecule is CC(C)(C)C(F)(CN)c1ccsc1Cl. The van der Waals surface area contributed by atoms with Gasteiger partial charge in [0.25, 0.3) is 0 Å². The minimum Gasteiger partial charge on any atom is -0.327 e. The molecular formula is C10H15ClFNS. The number of hydrogen-bond donors (Lipinski definition) is 1. The first-order valence-corrected chi connectivity index (χ1v) is 5.71. The van der Waals surface area contributed by atoms with Crippen molar-refractivity contribution in [2.45, 2.75) is 26.4 Å². The van der Waals surface area contributed by atoms with Gasteiger partial charge in [0.15, 0.2) is 5.67 Å². The van der Waals surface area contributed by atoms with E-state index in [1.165, 1.54) is 11.3 Å². The molecule has 0 amide bonds. The maximum Gasteiger partial charge on any atom is 0.155 e. The predicted molar refractivity (Wildman–Crippen MR) is 60.6 cm³/mol. The van der Waals surface area contributed by atoms with Crippen molar-refractivity contribution >= 4 is 22.9 Å². The van der Waals surface area contributed by atoms with Crippen molar-refractivity contribution in [3.05, 3.63) is 21.3 Å². The van der Waals surface area contributed by atoms with Gasteiger partial charge >= 0.3 is 0 Å². The third kappa shape index (κ3) is 1.81. The zero-order valence-corrected chi connectivity index (χ0v) is 10.2. The molecule has 1 atom stereocenters. The minimum absolute atomic E-state index is 0.0487. The topological polar surface area (TPSA) is 26.0 Å². The second-order valence-electron chi connectivity index (χ2n) is 4.36. The lowest BCUT2D eigenvalue weighted by Gasteiger charge is -2.36. The van der Waals surface area contributed by atoms with E-state index in [4.69, 9.17) is 17.3 Å². The van der Waals surface area contributed by atoms with Gasteiger partial charge in [-0.3, -0.25) is 0 Å². The Bertz CT molecular complexity index is 318. The highest BCUT2D eigenvalue weighted by atomic mass is 35.5. The summed E-state index contributed by atoms with van der Waals surface area (Å²) in [4.78, 5) is 0. The van der Waals surface area contributed by atoms with Crippen molar-refractivity contribution < 1.29 is 4.39 Å². The summed E-state index contributed by atoms with van der Waals surface area (Å²) in [5.41, 5.74) is 3.94. The number of hydrogen-bond acceptors (Lipinski definition) is 2. The first-order chi connectivity index (χ1) is 6.33. The zero-order chi connectivity index (χ0) is 11.0. The van der Waals surface area contributed by atoms with Crippen LogP contribution in [0, 0.1) is 5.41 Å². The Balaban J connectivity index is 3.22. The van der Waals surface area contributed by atoms with Crippen LogP contribution in [0.3, 0.4) is 0 Å². The summed E-state index contributed by atoms with van der Waals surface area (Å²) >= 11 is 7.26. The molecule has 0 spiro atoms. The molecule has 0 radical (unpaired) electrons. The molecule has 0 aliphatic carbocycles. The molecule has 0 aliphatic rings. The lowest BCUT2D eigenvalue weighted by atomic mass is 9.74. The van der Waals surface area contributed by atoms with Crippen molar-refractivity contribution in [2.75, 3.05) is 6.54 Å². The first-order valence-electron chi connectivity index (χ1n) is 4.45. The Morgan fingerprint density at radius 1 is 1.50 bits per heavy atom. The molecule has 1 aromatic rings. The highest BCUT2D eigenvalue weighted by Crippen LogP contribution is 2.46. The Labute approximate surface area is 93.1 Å². The molecule has 1 unspecified atom stereocenters. The van der Waals surface area contributed by atoms with Gasteiger partial charge in [0.05, 0.1) is 4.34 Å². The van der Waals surface area contributed by atoms with Gasteiger partial charge in [-0.2, -0.15) is 0 Å². The average molecular weight is 236 g/mol. The molecule has 2 N–H and O–H groups in total. The van der Waals surface area contributed by atoms with Crippen LogP contribution in [-0.2, 0) is 5.67 Å². The first kappa shape index (κ1) is 12.0. The summed E-state index contributed by atoms with van der Waals surface area (Å²) in [5.74, 6) is 0. The maximum atomic E-state index is 14.7. The highest BCUT2D eigenvalue weighted by molar-refractivity contribution is 7.14. The minimum atomic E-state index is -1.55. The van der Waals surface area contributed by atoms with E-state index in [9.17, 15) is 4.39 Å². The van der Waals surface area contributed by atoms with Gasteiger partial charge in [-0.05, 0) is 11.4 Å². The molecule has 1 heterocycles. The van der Waals surface area contributed by atoms with Crippen LogP contribution in [-0.4, -0.2) is 6.54 Å². The Hall–Kier alpha value is -0.120. The monoisotopic (exact) mass is 235 g/mol. The summed E-state index contributed by atoms with van der Waals surface area (Å²) in [6.45, 7) is 5.43. The number of alkyl halides is 1. The normalized spacial score (nSPS) is 16.7. The summed E-state index contributed by atoms with van der Waals surface area (Å²) in [6, 6.07) is 1.71. The largest absolute Gasteiger partial charge is 0.327 e. The fourth-order valence-electron chi connectivity index (χ4n) is 1.40. The molecule has 14 heavy (non-hydrogen) atoms. The summed E-state index contributed by atoms with van der Waals surface area (Å²) in [7, 11) is 0. The van der Waals surface area contributed by atoms with Gasteiger partial charge in [0, 0.05) is 17.5 Å². The molecular weight excluding hydrogens is 221 g/mol. The molecule has 0 fully saturated rings. The molecule has 0 aliphatic heterocycles. The molecule has 0 saturated heterocycles. The molecule has 0 saturated carbocycles. The quantitative estimate of drug-likeness (QED) is 0.833. The third-order valence-electron chi connectivity index (χ3n) is 2.51. The summed E-state index contributed by atoms with van der Waals surface area (Å²) < 4.78 is 15.1. The van der Waals surface area contributed by atoms with Crippen LogP contribution in [0.5, 0.6) is 0 Å². The van der Waals surface area contributed by atoms with Crippen LogP contribution in [0.1, 0.15) is 26.3 Å². The van der Waals surface area contributed by atoms with Crippen LogP contribution in [0.2, 0.25) is 4.34 Å².